The van der Waals surface area contributed by atoms with E-state index in [0.717, 1.165) is 24.3 Å². The zero-order chi connectivity index (χ0) is 20.9. The van der Waals surface area contributed by atoms with Gasteiger partial charge in [0.25, 0.3) is 0 Å². The topological polar surface area (TPSA) is 82.4 Å². The van der Waals surface area contributed by atoms with Gasteiger partial charge in [0.05, 0.1) is 37.1 Å². The van der Waals surface area contributed by atoms with Gasteiger partial charge in [0, 0.05) is 18.1 Å². The number of esters is 1. The van der Waals surface area contributed by atoms with Gasteiger partial charge in [-0.05, 0) is 53.2 Å². The van der Waals surface area contributed by atoms with Crippen LogP contribution in [-0.4, -0.2) is 64.0 Å². The maximum atomic E-state index is 11.9. The zero-order valence-corrected chi connectivity index (χ0v) is 17.3. The third kappa shape index (κ3) is 4.21. The molecular formula is C21H22ClN5O3. The summed E-state index contributed by atoms with van der Waals surface area (Å²) in [5.74, 6) is 0.289. The molecule has 3 aromatic rings. The van der Waals surface area contributed by atoms with E-state index in [1.165, 1.54) is 0 Å². The SMILES string of the molecule is CCOC(=O)c1ccc(-n2nnnc2[C@@H](c2ccccc2Cl)N2CCOCC2)cc1. The predicted octanol–water partition coefficient (Wildman–Crippen LogP) is 2.91. The van der Waals surface area contributed by atoms with E-state index in [2.05, 4.69) is 20.4 Å². The van der Waals surface area contributed by atoms with Gasteiger partial charge in [-0.25, -0.2) is 4.79 Å². The predicted molar refractivity (Wildman–Crippen MR) is 111 cm³/mol. The number of nitrogens with zero attached hydrogens (tertiary/aromatic N) is 5. The van der Waals surface area contributed by atoms with E-state index in [1.807, 2.05) is 24.3 Å². The van der Waals surface area contributed by atoms with E-state index in [0.29, 0.717) is 36.2 Å². The molecule has 0 radical (unpaired) electrons. The standard InChI is InChI=1S/C21H22ClN5O3/c1-2-30-21(28)15-7-9-16(10-8-15)27-20(23-24-25-27)19(26-11-13-29-14-12-26)17-5-3-4-6-18(17)22/h3-10,19H,2,11-14H2,1H3/t19-/m1/s1. The lowest BCUT2D eigenvalue weighted by Gasteiger charge is -2.34. The van der Waals surface area contributed by atoms with E-state index in [1.54, 1.807) is 35.9 Å². The fourth-order valence-electron chi connectivity index (χ4n) is 3.53. The number of benzene rings is 2. The second kappa shape index (κ2) is 9.34. The first kappa shape index (κ1) is 20.5. The van der Waals surface area contributed by atoms with Crippen molar-refractivity contribution in [1.82, 2.24) is 25.1 Å². The van der Waals surface area contributed by atoms with Crippen LogP contribution in [0.4, 0.5) is 0 Å². The smallest absolute Gasteiger partial charge is 0.338 e. The van der Waals surface area contributed by atoms with Crippen LogP contribution in [0.5, 0.6) is 0 Å². The van der Waals surface area contributed by atoms with Gasteiger partial charge in [0.2, 0.25) is 0 Å². The first-order valence-electron chi connectivity index (χ1n) is 9.81. The average molecular weight is 428 g/mol. The molecule has 4 rings (SSSR count). The van der Waals surface area contributed by atoms with Crippen molar-refractivity contribution in [3.05, 3.63) is 70.5 Å². The van der Waals surface area contributed by atoms with Crippen molar-refractivity contribution in [2.24, 2.45) is 0 Å². The van der Waals surface area contributed by atoms with Gasteiger partial charge in [-0.3, -0.25) is 4.90 Å². The van der Waals surface area contributed by atoms with Crippen molar-refractivity contribution in [3.8, 4) is 5.69 Å². The molecule has 0 N–H and O–H groups in total. The molecule has 9 heteroatoms. The van der Waals surface area contributed by atoms with Crippen molar-refractivity contribution >= 4 is 17.6 Å². The number of halogens is 1. The molecule has 1 aromatic heterocycles. The lowest BCUT2D eigenvalue weighted by atomic mass is 10.0. The van der Waals surface area contributed by atoms with Gasteiger partial charge in [-0.15, -0.1) is 5.10 Å². The van der Waals surface area contributed by atoms with E-state index < -0.39 is 0 Å². The number of aromatic nitrogens is 4. The Kier molecular flexibility index (Phi) is 6.37. The van der Waals surface area contributed by atoms with Crippen LogP contribution in [0.1, 0.15) is 34.7 Å². The van der Waals surface area contributed by atoms with Crippen molar-refractivity contribution in [2.75, 3.05) is 32.9 Å². The Balaban J connectivity index is 1.72. The summed E-state index contributed by atoms with van der Waals surface area (Å²) in [6, 6.07) is 14.5. The molecule has 1 aliphatic heterocycles. The maximum absolute atomic E-state index is 11.9. The summed E-state index contributed by atoms with van der Waals surface area (Å²) in [5, 5.41) is 13.1. The quantitative estimate of drug-likeness (QED) is 0.559. The number of hydrogen-bond donors (Lipinski definition) is 0. The van der Waals surface area contributed by atoms with Gasteiger partial charge in [0.15, 0.2) is 5.82 Å². The third-order valence-electron chi connectivity index (χ3n) is 4.97. The second-order valence-electron chi connectivity index (χ2n) is 6.79. The molecule has 156 valence electrons. The normalized spacial score (nSPS) is 15.7. The molecule has 8 nitrogen and oxygen atoms in total. The Morgan fingerprint density at radius 1 is 1.17 bits per heavy atom. The molecule has 2 aromatic carbocycles. The minimum absolute atomic E-state index is 0.234. The van der Waals surface area contributed by atoms with Crippen LogP contribution < -0.4 is 0 Å². The van der Waals surface area contributed by atoms with Gasteiger partial charge >= 0.3 is 5.97 Å². The molecule has 0 saturated carbocycles. The Morgan fingerprint density at radius 3 is 2.60 bits per heavy atom. The van der Waals surface area contributed by atoms with Crippen molar-refractivity contribution in [1.29, 1.82) is 0 Å². The van der Waals surface area contributed by atoms with Crippen molar-refractivity contribution in [2.45, 2.75) is 13.0 Å². The number of hydrogen-bond acceptors (Lipinski definition) is 7. The highest BCUT2D eigenvalue weighted by Gasteiger charge is 2.31. The highest BCUT2D eigenvalue weighted by Crippen LogP contribution is 2.33. The van der Waals surface area contributed by atoms with E-state index in [-0.39, 0.29) is 12.0 Å². The molecule has 1 saturated heterocycles. The molecule has 0 spiro atoms. The number of ether oxygens (including phenoxy) is 2. The Hall–Kier alpha value is -2.81. The zero-order valence-electron chi connectivity index (χ0n) is 16.6. The summed E-state index contributed by atoms with van der Waals surface area (Å²) in [6.45, 7) is 4.86. The van der Waals surface area contributed by atoms with Gasteiger partial charge in [0.1, 0.15) is 0 Å². The number of rotatable bonds is 6. The number of carbonyl (C=O) groups is 1. The third-order valence-corrected chi connectivity index (χ3v) is 5.32. The molecule has 0 amide bonds. The lowest BCUT2D eigenvalue weighted by Crippen LogP contribution is -2.40. The minimum Gasteiger partial charge on any atom is -0.462 e. The van der Waals surface area contributed by atoms with Crippen LogP contribution in [-0.2, 0) is 9.47 Å². The van der Waals surface area contributed by atoms with Crippen LogP contribution >= 0.6 is 11.6 Å². The van der Waals surface area contributed by atoms with Crippen LogP contribution in [0.2, 0.25) is 5.02 Å². The van der Waals surface area contributed by atoms with E-state index in [4.69, 9.17) is 21.1 Å². The Labute approximate surface area is 179 Å². The largest absolute Gasteiger partial charge is 0.462 e. The monoisotopic (exact) mass is 427 g/mol. The molecule has 0 aliphatic carbocycles. The van der Waals surface area contributed by atoms with E-state index >= 15 is 0 Å². The number of tetrazole rings is 1. The van der Waals surface area contributed by atoms with Crippen molar-refractivity contribution in [3.63, 3.8) is 0 Å². The molecule has 1 fully saturated rings. The Bertz CT molecular complexity index is 1000. The van der Waals surface area contributed by atoms with Crippen LogP contribution in [0.3, 0.4) is 0 Å². The summed E-state index contributed by atoms with van der Waals surface area (Å²) in [6.07, 6.45) is 0. The van der Waals surface area contributed by atoms with Gasteiger partial charge in [-0.2, -0.15) is 4.68 Å². The highest BCUT2D eigenvalue weighted by atomic mass is 35.5. The molecule has 1 atom stereocenters. The number of carbonyl (C=O) groups excluding carboxylic acids is 1. The summed E-state index contributed by atoms with van der Waals surface area (Å²) < 4.78 is 12.3. The van der Waals surface area contributed by atoms with E-state index in [9.17, 15) is 4.79 Å². The lowest BCUT2D eigenvalue weighted by molar-refractivity contribution is 0.0220. The molecule has 2 heterocycles. The summed E-state index contributed by atoms with van der Waals surface area (Å²) >= 11 is 6.55. The number of morpholine rings is 1. The van der Waals surface area contributed by atoms with Gasteiger partial charge < -0.3 is 9.47 Å². The Morgan fingerprint density at radius 2 is 1.90 bits per heavy atom. The van der Waals surface area contributed by atoms with Crippen LogP contribution in [0.15, 0.2) is 48.5 Å². The van der Waals surface area contributed by atoms with Gasteiger partial charge in [-0.1, -0.05) is 29.8 Å². The first-order chi connectivity index (χ1) is 14.7. The first-order valence-corrected chi connectivity index (χ1v) is 10.2. The summed E-state index contributed by atoms with van der Waals surface area (Å²) in [4.78, 5) is 14.2. The average Bonchev–Trinajstić information content (AvgIpc) is 3.26. The molecule has 1 aliphatic rings. The maximum Gasteiger partial charge on any atom is 0.338 e. The molecule has 30 heavy (non-hydrogen) atoms. The molecule has 0 unspecified atom stereocenters. The fraction of sp³-hybridized carbons (Fsp3) is 0.333. The van der Waals surface area contributed by atoms with Crippen LogP contribution in [0, 0.1) is 0 Å². The highest BCUT2D eigenvalue weighted by molar-refractivity contribution is 6.31. The fourth-order valence-corrected chi connectivity index (χ4v) is 3.77. The summed E-state index contributed by atoms with van der Waals surface area (Å²) in [7, 11) is 0. The van der Waals surface area contributed by atoms with Crippen molar-refractivity contribution < 1.29 is 14.3 Å². The van der Waals surface area contributed by atoms with Crippen LogP contribution in [0.25, 0.3) is 5.69 Å². The molecule has 0 bridgehead atoms. The molecular weight excluding hydrogens is 406 g/mol. The summed E-state index contributed by atoms with van der Waals surface area (Å²) in [5.41, 5.74) is 2.15. The second-order valence-corrected chi connectivity index (χ2v) is 7.20. The minimum atomic E-state index is -0.358.